The quantitative estimate of drug-likeness (QED) is 0.243. The summed E-state index contributed by atoms with van der Waals surface area (Å²) in [5.74, 6) is -2.12. The first-order chi connectivity index (χ1) is 15.1. The van der Waals surface area contributed by atoms with E-state index >= 15 is 0 Å². The maximum atomic E-state index is 13.2. The Balaban J connectivity index is 1.81. The number of rotatable bonds is 8. The topological polar surface area (TPSA) is 69.8 Å². The Morgan fingerprint density at radius 1 is 1.12 bits per heavy atom. The van der Waals surface area contributed by atoms with Gasteiger partial charge in [0.15, 0.2) is 0 Å². The largest absolute Gasteiger partial charge is 0.471 e. The van der Waals surface area contributed by atoms with Gasteiger partial charge in [0.05, 0.1) is 22.1 Å². The fourth-order valence-electron chi connectivity index (χ4n) is 3.27. The number of amides is 1. The summed E-state index contributed by atoms with van der Waals surface area (Å²) in [4.78, 5) is 19.6. The van der Waals surface area contributed by atoms with Crippen LogP contribution in [0.3, 0.4) is 0 Å². The Bertz CT molecular complexity index is 1100. The second-order valence-corrected chi connectivity index (χ2v) is 7.98. The van der Waals surface area contributed by atoms with Gasteiger partial charge in [0.1, 0.15) is 11.6 Å². The standard InChI is InChI=1S/C22H22F4N4OS/c1-13(32)27-11-3-2-4-18(30-21(31)22(24,25)26)20-28-17-10-7-15(12-19(17)29-20)14-5-8-16(23)9-6-14/h5-10,12,18H,2-4,11H2,1H3,(H,27,32)(H,28,29)(H,30,31)/t18-/m0/s1. The van der Waals surface area contributed by atoms with Gasteiger partial charge in [-0.15, -0.1) is 0 Å². The average molecular weight is 467 g/mol. The van der Waals surface area contributed by atoms with Gasteiger partial charge in [-0.05, 0) is 61.6 Å². The van der Waals surface area contributed by atoms with Crippen LogP contribution in [-0.2, 0) is 4.79 Å². The molecule has 32 heavy (non-hydrogen) atoms. The van der Waals surface area contributed by atoms with Gasteiger partial charge in [-0.3, -0.25) is 4.79 Å². The highest BCUT2D eigenvalue weighted by molar-refractivity contribution is 7.80. The lowest BCUT2D eigenvalue weighted by Crippen LogP contribution is -2.39. The molecule has 3 N–H and O–H groups in total. The molecule has 1 heterocycles. The first-order valence-corrected chi connectivity index (χ1v) is 10.4. The Morgan fingerprint density at radius 3 is 2.47 bits per heavy atom. The molecule has 3 rings (SSSR count). The van der Waals surface area contributed by atoms with E-state index in [9.17, 15) is 22.4 Å². The van der Waals surface area contributed by atoms with Crippen molar-refractivity contribution in [2.45, 2.75) is 38.4 Å². The summed E-state index contributed by atoms with van der Waals surface area (Å²) < 4.78 is 51.7. The normalized spacial score (nSPS) is 12.5. The molecule has 0 radical (unpaired) electrons. The number of alkyl halides is 3. The lowest BCUT2D eigenvalue weighted by Gasteiger charge is -2.18. The minimum atomic E-state index is -4.99. The molecule has 5 nitrogen and oxygen atoms in total. The molecule has 0 saturated heterocycles. The molecule has 1 amide bonds. The van der Waals surface area contributed by atoms with E-state index in [1.54, 1.807) is 37.3 Å². The molecule has 0 aliphatic carbocycles. The fraction of sp³-hybridized carbons (Fsp3) is 0.318. The van der Waals surface area contributed by atoms with Crippen molar-refractivity contribution in [3.63, 3.8) is 0 Å². The zero-order chi connectivity index (χ0) is 23.3. The first kappa shape index (κ1) is 23.6. The molecule has 1 atom stereocenters. The minimum absolute atomic E-state index is 0.243. The van der Waals surface area contributed by atoms with E-state index in [1.807, 2.05) is 5.32 Å². The first-order valence-electron chi connectivity index (χ1n) is 10.0. The van der Waals surface area contributed by atoms with Crippen molar-refractivity contribution < 1.29 is 22.4 Å². The lowest BCUT2D eigenvalue weighted by atomic mass is 10.1. The molecule has 2 aromatic carbocycles. The predicted octanol–water partition coefficient (Wildman–Crippen LogP) is 5.20. The van der Waals surface area contributed by atoms with E-state index in [0.29, 0.717) is 35.4 Å². The molecule has 0 bridgehead atoms. The van der Waals surface area contributed by atoms with Crippen LogP contribution in [0.4, 0.5) is 17.6 Å². The fourth-order valence-corrected chi connectivity index (χ4v) is 3.37. The highest BCUT2D eigenvalue weighted by Gasteiger charge is 2.40. The number of imidazole rings is 1. The lowest BCUT2D eigenvalue weighted by molar-refractivity contribution is -0.174. The monoisotopic (exact) mass is 466 g/mol. The molecule has 10 heteroatoms. The second-order valence-electron chi connectivity index (χ2n) is 7.36. The molecular formula is C22H22F4N4OS. The zero-order valence-corrected chi connectivity index (χ0v) is 18.0. The van der Waals surface area contributed by atoms with E-state index in [1.165, 1.54) is 12.1 Å². The van der Waals surface area contributed by atoms with Crippen LogP contribution in [0.5, 0.6) is 0 Å². The van der Waals surface area contributed by atoms with Crippen LogP contribution in [0.1, 0.15) is 38.1 Å². The number of nitrogens with one attached hydrogen (secondary N) is 3. The summed E-state index contributed by atoms with van der Waals surface area (Å²) >= 11 is 4.93. The Hall–Kier alpha value is -3.01. The molecule has 0 spiro atoms. The van der Waals surface area contributed by atoms with Crippen LogP contribution < -0.4 is 10.6 Å². The van der Waals surface area contributed by atoms with Crippen LogP contribution >= 0.6 is 12.2 Å². The summed E-state index contributed by atoms with van der Waals surface area (Å²) in [5.41, 5.74) is 2.74. The molecule has 0 aliphatic rings. The maximum absolute atomic E-state index is 13.2. The van der Waals surface area contributed by atoms with Crippen LogP contribution in [0.2, 0.25) is 0 Å². The number of thiocarbonyl (C=S) groups is 1. The van der Waals surface area contributed by atoms with Crippen LogP contribution in [0.25, 0.3) is 22.2 Å². The van der Waals surface area contributed by atoms with E-state index in [4.69, 9.17) is 12.2 Å². The second kappa shape index (κ2) is 10.1. The number of H-pyrrole nitrogens is 1. The van der Waals surface area contributed by atoms with Gasteiger partial charge in [0, 0.05) is 6.54 Å². The van der Waals surface area contributed by atoms with Crippen molar-refractivity contribution >= 4 is 34.1 Å². The number of unbranched alkanes of at least 4 members (excludes halogenated alkanes) is 1. The number of aromatic amines is 1. The minimum Gasteiger partial charge on any atom is -0.380 e. The van der Waals surface area contributed by atoms with Crippen molar-refractivity contribution in [1.29, 1.82) is 0 Å². The van der Waals surface area contributed by atoms with Crippen molar-refractivity contribution in [2.24, 2.45) is 0 Å². The Labute approximate surface area is 187 Å². The number of benzene rings is 2. The number of halogens is 4. The van der Waals surface area contributed by atoms with Gasteiger partial charge in [-0.2, -0.15) is 13.2 Å². The van der Waals surface area contributed by atoms with Crippen molar-refractivity contribution in [1.82, 2.24) is 20.6 Å². The van der Waals surface area contributed by atoms with E-state index < -0.39 is 18.1 Å². The number of hydrogen-bond donors (Lipinski definition) is 3. The van der Waals surface area contributed by atoms with Gasteiger partial charge in [-0.1, -0.05) is 30.4 Å². The molecule has 3 aromatic rings. The average Bonchev–Trinajstić information content (AvgIpc) is 3.15. The summed E-state index contributed by atoms with van der Waals surface area (Å²) in [7, 11) is 0. The Morgan fingerprint density at radius 2 is 1.81 bits per heavy atom. The highest BCUT2D eigenvalue weighted by atomic mass is 32.1. The van der Waals surface area contributed by atoms with Crippen LogP contribution in [0, 0.1) is 5.82 Å². The molecule has 0 saturated carbocycles. The van der Waals surface area contributed by atoms with E-state index in [-0.39, 0.29) is 18.1 Å². The molecule has 0 aliphatic heterocycles. The molecule has 0 unspecified atom stereocenters. The number of carbonyl (C=O) groups excluding carboxylic acids is 1. The highest BCUT2D eigenvalue weighted by Crippen LogP contribution is 2.27. The third kappa shape index (κ3) is 6.25. The van der Waals surface area contributed by atoms with Gasteiger partial charge < -0.3 is 15.6 Å². The van der Waals surface area contributed by atoms with Crippen LogP contribution in [-0.4, -0.2) is 33.6 Å². The van der Waals surface area contributed by atoms with Crippen molar-refractivity contribution in [3.05, 3.63) is 54.1 Å². The van der Waals surface area contributed by atoms with Gasteiger partial charge >= 0.3 is 12.1 Å². The number of hydrogen-bond acceptors (Lipinski definition) is 3. The maximum Gasteiger partial charge on any atom is 0.471 e. The molecular weight excluding hydrogens is 444 g/mol. The van der Waals surface area contributed by atoms with Crippen molar-refractivity contribution in [3.8, 4) is 11.1 Å². The van der Waals surface area contributed by atoms with Crippen LogP contribution in [0.15, 0.2) is 42.5 Å². The smallest absolute Gasteiger partial charge is 0.380 e. The molecule has 1 aromatic heterocycles. The van der Waals surface area contributed by atoms with Gasteiger partial charge in [0.2, 0.25) is 0 Å². The summed E-state index contributed by atoms with van der Waals surface area (Å²) in [6.07, 6.45) is -3.50. The zero-order valence-electron chi connectivity index (χ0n) is 17.2. The number of aromatic nitrogens is 2. The summed E-state index contributed by atoms with van der Waals surface area (Å²) in [6.45, 7) is 2.34. The molecule has 0 fully saturated rings. The van der Waals surface area contributed by atoms with Gasteiger partial charge in [-0.25, -0.2) is 9.37 Å². The molecule has 170 valence electrons. The Kier molecular flexibility index (Phi) is 7.44. The SMILES string of the molecule is CC(=S)NCCCC[C@H](NC(=O)C(F)(F)F)c1nc2ccc(-c3ccc(F)cc3)cc2[nH]1. The van der Waals surface area contributed by atoms with E-state index in [0.717, 1.165) is 11.1 Å². The number of carbonyl (C=O) groups is 1. The third-order valence-electron chi connectivity index (χ3n) is 4.86. The predicted molar refractivity (Wildman–Crippen MR) is 119 cm³/mol. The van der Waals surface area contributed by atoms with Gasteiger partial charge in [0.25, 0.3) is 0 Å². The summed E-state index contributed by atoms with van der Waals surface area (Å²) in [6, 6.07) is 10.3. The van der Waals surface area contributed by atoms with E-state index in [2.05, 4.69) is 15.3 Å². The summed E-state index contributed by atoms with van der Waals surface area (Å²) in [5, 5.41) is 5.03. The number of nitrogens with zero attached hydrogens (tertiary/aromatic N) is 1. The number of fused-ring (bicyclic) bond motifs is 1. The van der Waals surface area contributed by atoms with Crippen molar-refractivity contribution in [2.75, 3.05) is 6.54 Å². The third-order valence-corrected chi connectivity index (χ3v) is 5.01.